The Morgan fingerprint density at radius 1 is 1.73 bits per heavy atom. The summed E-state index contributed by atoms with van der Waals surface area (Å²) in [4.78, 5) is 15.9. The molecule has 0 unspecified atom stereocenters. The molecule has 0 saturated heterocycles. The van der Waals surface area contributed by atoms with Crippen molar-refractivity contribution in [1.29, 1.82) is 0 Å². The lowest BCUT2D eigenvalue weighted by Crippen LogP contribution is -2.28. The summed E-state index contributed by atoms with van der Waals surface area (Å²) in [5, 5.41) is 7.44. The molecule has 1 aliphatic rings. The molecule has 2 rings (SSSR count). The van der Waals surface area contributed by atoms with E-state index in [0.29, 0.717) is 15.3 Å². The smallest absolute Gasteiger partial charge is 0.278 e. The molecule has 0 aromatic carbocycles. The van der Waals surface area contributed by atoms with E-state index in [9.17, 15) is 4.79 Å². The summed E-state index contributed by atoms with van der Waals surface area (Å²) in [6, 6.07) is 0. The Morgan fingerprint density at radius 3 is 3.07 bits per heavy atom. The van der Waals surface area contributed by atoms with Gasteiger partial charge in [-0.3, -0.25) is 19.8 Å². The SMILES string of the molecule is Cn1cc(Br)c(C(=O)NC2=NCCS2)n1. The molecule has 0 spiro atoms. The number of aryl methyl sites for hydroxylation is 1. The third kappa shape index (κ3) is 2.40. The summed E-state index contributed by atoms with van der Waals surface area (Å²) < 4.78 is 2.27. The van der Waals surface area contributed by atoms with Crippen LogP contribution in [0.15, 0.2) is 15.7 Å². The van der Waals surface area contributed by atoms with E-state index in [4.69, 9.17) is 0 Å². The first-order valence-electron chi connectivity index (χ1n) is 4.34. The summed E-state index contributed by atoms with van der Waals surface area (Å²) in [5.41, 5.74) is 0.382. The van der Waals surface area contributed by atoms with Crippen molar-refractivity contribution in [2.75, 3.05) is 12.3 Å². The summed E-state index contributed by atoms with van der Waals surface area (Å²) >= 11 is 4.82. The number of rotatable bonds is 1. The number of carbonyl (C=O) groups excluding carboxylic acids is 1. The number of carbonyl (C=O) groups is 1. The topological polar surface area (TPSA) is 59.3 Å². The number of nitrogens with zero attached hydrogens (tertiary/aromatic N) is 3. The van der Waals surface area contributed by atoms with Crippen molar-refractivity contribution in [3.8, 4) is 0 Å². The highest BCUT2D eigenvalue weighted by molar-refractivity contribution is 9.10. The van der Waals surface area contributed by atoms with Gasteiger partial charge >= 0.3 is 0 Å². The number of thioether (sulfide) groups is 1. The molecular formula is C8H9BrN4OS. The van der Waals surface area contributed by atoms with Crippen LogP contribution in [0.1, 0.15) is 10.5 Å². The van der Waals surface area contributed by atoms with Crippen LogP contribution in [-0.4, -0.2) is 33.2 Å². The van der Waals surface area contributed by atoms with E-state index in [-0.39, 0.29) is 5.91 Å². The van der Waals surface area contributed by atoms with Crippen LogP contribution in [0.3, 0.4) is 0 Å². The van der Waals surface area contributed by atoms with Gasteiger partial charge in [0.05, 0.1) is 11.0 Å². The molecule has 0 fully saturated rings. The number of hydrogen-bond donors (Lipinski definition) is 1. The van der Waals surface area contributed by atoms with Crippen LogP contribution in [0.4, 0.5) is 0 Å². The Bertz CT molecular complexity index is 428. The molecule has 0 bridgehead atoms. The average molecular weight is 289 g/mol. The predicted molar refractivity (Wildman–Crippen MR) is 63.1 cm³/mol. The quantitative estimate of drug-likeness (QED) is 0.839. The molecule has 1 aliphatic heterocycles. The number of hydrogen-bond acceptors (Lipinski definition) is 4. The van der Waals surface area contributed by atoms with Crippen LogP contribution in [0, 0.1) is 0 Å². The number of aliphatic imine (C=N–C) groups is 1. The van der Waals surface area contributed by atoms with E-state index >= 15 is 0 Å². The van der Waals surface area contributed by atoms with Crippen LogP contribution in [-0.2, 0) is 7.05 Å². The van der Waals surface area contributed by atoms with Gasteiger partial charge in [-0.15, -0.1) is 0 Å². The fraction of sp³-hybridized carbons (Fsp3) is 0.375. The van der Waals surface area contributed by atoms with Crippen molar-refractivity contribution in [1.82, 2.24) is 15.1 Å². The molecule has 0 saturated carbocycles. The molecular weight excluding hydrogens is 280 g/mol. The fourth-order valence-corrected chi connectivity index (χ4v) is 2.46. The van der Waals surface area contributed by atoms with Crippen molar-refractivity contribution < 1.29 is 4.79 Å². The molecule has 1 amide bonds. The Hall–Kier alpha value is -0.820. The first-order chi connectivity index (χ1) is 7.16. The lowest BCUT2D eigenvalue weighted by atomic mass is 10.4. The fourth-order valence-electron chi connectivity index (χ4n) is 1.18. The minimum atomic E-state index is -0.226. The molecule has 7 heteroatoms. The Labute approximate surface area is 99.5 Å². The van der Waals surface area contributed by atoms with Gasteiger partial charge in [-0.25, -0.2) is 0 Å². The zero-order valence-electron chi connectivity index (χ0n) is 8.03. The first-order valence-corrected chi connectivity index (χ1v) is 6.12. The van der Waals surface area contributed by atoms with Crippen molar-refractivity contribution >= 4 is 38.8 Å². The maximum atomic E-state index is 11.7. The maximum absolute atomic E-state index is 11.7. The minimum absolute atomic E-state index is 0.226. The molecule has 1 aromatic rings. The van der Waals surface area contributed by atoms with Crippen LogP contribution in [0.2, 0.25) is 0 Å². The van der Waals surface area contributed by atoms with Crippen molar-refractivity contribution in [2.45, 2.75) is 0 Å². The largest absolute Gasteiger partial charge is 0.300 e. The van der Waals surface area contributed by atoms with Crippen LogP contribution < -0.4 is 5.32 Å². The monoisotopic (exact) mass is 288 g/mol. The Morgan fingerprint density at radius 2 is 2.53 bits per heavy atom. The Balaban J connectivity index is 2.10. The van der Waals surface area contributed by atoms with Crippen LogP contribution in [0.25, 0.3) is 0 Å². The van der Waals surface area contributed by atoms with Gasteiger partial charge in [0.1, 0.15) is 0 Å². The second-order valence-corrected chi connectivity index (χ2v) is 4.93. The number of amides is 1. The summed E-state index contributed by atoms with van der Waals surface area (Å²) in [7, 11) is 1.77. The highest BCUT2D eigenvalue weighted by Crippen LogP contribution is 2.15. The highest BCUT2D eigenvalue weighted by Gasteiger charge is 2.17. The number of amidine groups is 1. The van der Waals surface area contributed by atoms with Crippen molar-refractivity contribution in [3.63, 3.8) is 0 Å². The van der Waals surface area contributed by atoms with E-state index in [1.807, 2.05) is 0 Å². The summed E-state index contributed by atoms with van der Waals surface area (Å²) in [5.74, 6) is 0.703. The Kier molecular flexibility index (Phi) is 3.11. The zero-order chi connectivity index (χ0) is 10.8. The molecule has 0 radical (unpaired) electrons. The predicted octanol–water partition coefficient (Wildman–Crippen LogP) is 1.02. The number of aromatic nitrogens is 2. The molecule has 15 heavy (non-hydrogen) atoms. The van der Waals surface area contributed by atoms with Gasteiger partial charge < -0.3 is 0 Å². The van der Waals surface area contributed by atoms with E-state index in [1.54, 1.807) is 29.7 Å². The van der Waals surface area contributed by atoms with Gasteiger partial charge in [0.25, 0.3) is 5.91 Å². The van der Waals surface area contributed by atoms with Gasteiger partial charge in [0.15, 0.2) is 10.9 Å². The van der Waals surface area contributed by atoms with E-state index in [0.717, 1.165) is 12.3 Å². The van der Waals surface area contributed by atoms with Gasteiger partial charge in [-0.1, -0.05) is 11.8 Å². The molecule has 80 valence electrons. The van der Waals surface area contributed by atoms with Gasteiger partial charge in [0, 0.05) is 19.0 Å². The third-order valence-corrected chi connectivity index (χ3v) is 3.28. The first kappa shape index (κ1) is 10.7. The molecule has 5 nitrogen and oxygen atoms in total. The van der Waals surface area contributed by atoms with E-state index in [1.165, 1.54) is 0 Å². The van der Waals surface area contributed by atoms with Crippen LogP contribution in [0.5, 0.6) is 0 Å². The molecule has 0 atom stereocenters. The van der Waals surface area contributed by atoms with Gasteiger partial charge in [0.2, 0.25) is 0 Å². The van der Waals surface area contributed by atoms with Crippen molar-refractivity contribution in [3.05, 3.63) is 16.4 Å². The van der Waals surface area contributed by atoms with E-state index < -0.39 is 0 Å². The van der Waals surface area contributed by atoms with Gasteiger partial charge in [-0.2, -0.15) is 5.10 Å². The van der Waals surface area contributed by atoms with Crippen LogP contribution >= 0.6 is 27.7 Å². The number of nitrogens with one attached hydrogen (secondary N) is 1. The second-order valence-electron chi connectivity index (χ2n) is 2.99. The summed E-state index contributed by atoms with van der Waals surface area (Å²) in [6.07, 6.45) is 1.73. The lowest BCUT2D eigenvalue weighted by Gasteiger charge is -2.00. The lowest BCUT2D eigenvalue weighted by molar-refractivity contribution is 0.0971. The molecule has 0 aliphatic carbocycles. The molecule has 1 N–H and O–H groups in total. The maximum Gasteiger partial charge on any atom is 0.278 e. The zero-order valence-corrected chi connectivity index (χ0v) is 10.4. The number of halogens is 1. The highest BCUT2D eigenvalue weighted by atomic mass is 79.9. The normalized spacial score (nSPS) is 15.2. The summed E-state index contributed by atoms with van der Waals surface area (Å²) in [6.45, 7) is 0.768. The molecule has 2 heterocycles. The van der Waals surface area contributed by atoms with E-state index in [2.05, 4.69) is 31.3 Å². The standard InChI is InChI=1S/C8H9BrN4OS/c1-13-4-5(9)6(12-13)7(14)11-8-10-2-3-15-8/h4H,2-3H2,1H3,(H,10,11,14). The third-order valence-electron chi connectivity index (χ3n) is 1.81. The average Bonchev–Trinajstić information content (AvgIpc) is 2.75. The van der Waals surface area contributed by atoms with Gasteiger partial charge in [-0.05, 0) is 15.9 Å². The van der Waals surface area contributed by atoms with Crippen molar-refractivity contribution in [2.24, 2.45) is 12.0 Å². The molecule has 1 aromatic heterocycles. The minimum Gasteiger partial charge on any atom is -0.300 e. The second kappa shape index (κ2) is 4.36.